The lowest BCUT2D eigenvalue weighted by Gasteiger charge is -2.35. The van der Waals surface area contributed by atoms with E-state index < -0.39 is 5.97 Å². The average Bonchev–Trinajstić information content (AvgIpc) is 2.84. The van der Waals surface area contributed by atoms with Crippen LogP contribution >= 0.6 is 0 Å². The van der Waals surface area contributed by atoms with Gasteiger partial charge in [-0.25, -0.2) is 9.59 Å². The van der Waals surface area contributed by atoms with Crippen LogP contribution in [-0.2, 0) is 9.53 Å². The number of allylic oxidation sites excluding steroid dienone is 5. The van der Waals surface area contributed by atoms with Crippen LogP contribution in [0.25, 0.3) is 0 Å². The zero-order chi connectivity index (χ0) is 24.1. The Morgan fingerprint density at radius 2 is 1.88 bits per heavy atom. The molecule has 8 nitrogen and oxygen atoms in total. The molecule has 3 N–H and O–H groups in total. The number of aliphatic carboxylic acids is 1. The van der Waals surface area contributed by atoms with Gasteiger partial charge in [-0.1, -0.05) is 19.1 Å². The number of carbonyl (C=O) groups is 3. The summed E-state index contributed by atoms with van der Waals surface area (Å²) in [5, 5.41) is 15.1. The van der Waals surface area contributed by atoms with E-state index in [-0.39, 0.29) is 30.1 Å². The highest BCUT2D eigenvalue weighted by molar-refractivity contribution is 5.78. The quantitative estimate of drug-likeness (QED) is 0.545. The maximum Gasteiger partial charge on any atom is 0.410 e. The van der Waals surface area contributed by atoms with Gasteiger partial charge in [-0.2, -0.15) is 0 Å². The smallest absolute Gasteiger partial charge is 0.410 e. The SMILES string of the molecule is C[C@@H](C(=O)O)C1CCC(OC(=O)N2CCC3=C(CCC(NC(=O)NC4=CCCC=C4)=C3)C2)CC1. The average molecular weight is 470 g/mol. The number of carboxylic acid groups (broad SMARTS) is 1. The van der Waals surface area contributed by atoms with Crippen LogP contribution in [0.3, 0.4) is 0 Å². The number of rotatable bonds is 5. The van der Waals surface area contributed by atoms with Gasteiger partial charge >= 0.3 is 18.1 Å². The first-order valence-electron chi connectivity index (χ1n) is 12.4. The van der Waals surface area contributed by atoms with Gasteiger partial charge in [0.2, 0.25) is 0 Å². The van der Waals surface area contributed by atoms with Gasteiger partial charge in [0.1, 0.15) is 6.10 Å². The van der Waals surface area contributed by atoms with Crippen LogP contribution < -0.4 is 10.6 Å². The third-order valence-electron chi connectivity index (χ3n) is 7.40. The standard InChI is InChI=1S/C26H35N3O5/c1-17(24(30)31)18-8-11-23(12-9-18)34-26(33)29-14-13-19-15-22(10-7-20(19)16-29)28-25(32)27-21-5-3-2-4-6-21/h3,5-6,15,17-18,23H,2,4,7-14,16H2,1H3,(H,30,31)(H2,27,28,32)/t17-,18?,23?/m1/s1. The van der Waals surface area contributed by atoms with Crippen LogP contribution in [0.15, 0.2) is 46.8 Å². The van der Waals surface area contributed by atoms with Gasteiger partial charge in [-0.05, 0) is 87.0 Å². The summed E-state index contributed by atoms with van der Waals surface area (Å²) in [7, 11) is 0. The predicted molar refractivity (Wildman–Crippen MR) is 128 cm³/mol. The summed E-state index contributed by atoms with van der Waals surface area (Å²) in [5.41, 5.74) is 4.16. The van der Waals surface area contributed by atoms with Crippen molar-refractivity contribution in [2.45, 2.75) is 70.8 Å². The topological polar surface area (TPSA) is 108 Å². The van der Waals surface area contributed by atoms with E-state index in [1.807, 2.05) is 12.2 Å². The molecule has 3 amide bonds. The summed E-state index contributed by atoms with van der Waals surface area (Å²) in [5.74, 6) is -0.947. The summed E-state index contributed by atoms with van der Waals surface area (Å²) in [6.45, 7) is 2.92. The molecule has 8 heteroatoms. The molecular weight excluding hydrogens is 434 g/mol. The summed E-state index contributed by atoms with van der Waals surface area (Å²) in [4.78, 5) is 38.0. The van der Waals surface area contributed by atoms with Crippen molar-refractivity contribution >= 4 is 18.1 Å². The van der Waals surface area contributed by atoms with Crippen molar-refractivity contribution < 1.29 is 24.2 Å². The van der Waals surface area contributed by atoms with Gasteiger partial charge in [-0.3, -0.25) is 4.79 Å². The normalized spacial score (nSPS) is 25.5. The summed E-state index contributed by atoms with van der Waals surface area (Å²) >= 11 is 0. The van der Waals surface area contributed by atoms with Crippen molar-refractivity contribution in [3.05, 3.63) is 46.8 Å². The maximum absolute atomic E-state index is 12.8. The molecule has 0 saturated heterocycles. The molecule has 4 aliphatic rings. The number of carboxylic acids is 1. The number of amides is 3. The van der Waals surface area contributed by atoms with Crippen LogP contribution in [-0.4, -0.2) is 47.3 Å². The summed E-state index contributed by atoms with van der Waals surface area (Å²) < 4.78 is 5.77. The Balaban J connectivity index is 1.25. The maximum atomic E-state index is 12.8. The van der Waals surface area contributed by atoms with Crippen molar-refractivity contribution in [2.24, 2.45) is 11.8 Å². The molecule has 34 heavy (non-hydrogen) atoms. The molecule has 1 heterocycles. The molecule has 0 unspecified atom stereocenters. The first-order valence-corrected chi connectivity index (χ1v) is 12.4. The minimum Gasteiger partial charge on any atom is -0.481 e. The molecule has 184 valence electrons. The predicted octanol–water partition coefficient (Wildman–Crippen LogP) is 4.62. The highest BCUT2D eigenvalue weighted by Gasteiger charge is 2.32. The Hall–Kier alpha value is -3.03. The second-order valence-electron chi connectivity index (χ2n) is 9.74. The van der Waals surface area contributed by atoms with E-state index in [0.29, 0.717) is 13.1 Å². The largest absolute Gasteiger partial charge is 0.481 e. The number of urea groups is 1. The number of hydrogen-bond donors (Lipinski definition) is 3. The number of carbonyl (C=O) groups excluding carboxylic acids is 2. The van der Waals surface area contributed by atoms with Gasteiger partial charge in [0.05, 0.1) is 5.92 Å². The lowest BCUT2D eigenvalue weighted by molar-refractivity contribution is -0.143. The minimum atomic E-state index is -0.753. The fourth-order valence-electron chi connectivity index (χ4n) is 5.22. The molecular formula is C26H35N3O5. The summed E-state index contributed by atoms with van der Waals surface area (Å²) in [6, 6.07) is -0.221. The Morgan fingerprint density at radius 3 is 2.59 bits per heavy atom. The van der Waals surface area contributed by atoms with Gasteiger partial charge in [0, 0.05) is 24.5 Å². The number of hydrogen-bond acceptors (Lipinski definition) is 4. The molecule has 0 bridgehead atoms. The van der Waals surface area contributed by atoms with E-state index in [4.69, 9.17) is 4.74 Å². The molecule has 3 aliphatic carbocycles. The van der Waals surface area contributed by atoms with E-state index >= 15 is 0 Å². The fraction of sp³-hybridized carbons (Fsp3) is 0.577. The first kappa shape index (κ1) is 24.1. The van der Waals surface area contributed by atoms with Crippen molar-refractivity contribution in [3.63, 3.8) is 0 Å². The molecule has 0 spiro atoms. The highest BCUT2D eigenvalue weighted by atomic mass is 16.6. The third-order valence-corrected chi connectivity index (χ3v) is 7.40. The van der Waals surface area contributed by atoms with Crippen LogP contribution in [0.4, 0.5) is 9.59 Å². The number of ether oxygens (including phenoxy) is 1. The van der Waals surface area contributed by atoms with Crippen molar-refractivity contribution in [3.8, 4) is 0 Å². The zero-order valence-electron chi connectivity index (χ0n) is 19.8. The highest BCUT2D eigenvalue weighted by Crippen LogP contribution is 2.33. The van der Waals surface area contributed by atoms with Gasteiger partial charge in [0.25, 0.3) is 0 Å². The molecule has 0 aromatic carbocycles. The van der Waals surface area contributed by atoms with E-state index in [2.05, 4.69) is 22.8 Å². The van der Waals surface area contributed by atoms with Gasteiger partial charge in [-0.15, -0.1) is 0 Å². The molecule has 4 rings (SSSR count). The Bertz CT molecular complexity index is 940. The van der Waals surface area contributed by atoms with Crippen LogP contribution in [0.5, 0.6) is 0 Å². The molecule has 0 radical (unpaired) electrons. The molecule has 1 saturated carbocycles. The van der Waals surface area contributed by atoms with Crippen molar-refractivity contribution in [1.82, 2.24) is 15.5 Å². The fourth-order valence-corrected chi connectivity index (χ4v) is 5.22. The van der Waals surface area contributed by atoms with Crippen molar-refractivity contribution in [2.75, 3.05) is 13.1 Å². The molecule has 1 fully saturated rings. The van der Waals surface area contributed by atoms with Crippen LogP contribution in [0, 0.1) is 11.8 Å². The van der Waals surface area contributed by atoms with E-state index in [1.54, 1.807) is 11.8 Å². The lowest BCUT2D eigenvalue weighted by atomic mass is 9.80. The Labute approximate surface area is 200 Å². The zero-order valence-corrected chi connectivity index (χ0v) is 19.8. The molecule has 1 aliphatic heterocycles. The monoisotopic (exact) mass is 469 g/mol. The molecule has 0 aromatic rings. The Kier molecular flexibility index (Phi) is 7.75. The first-order chi connectivity index (χ1) is 16.4. The second kappa shape index (κ2) is 10.9. The molecule has 0 aromatic heterocycles. The Morgan fingerprint density at radius 1 is 1.09 bits per heavy atom. The number of nitrogens with one attached hydrogen (secondary N) is 2. The lowest BCUT2D eigenvalue weighted by Crippen LogP contribution is -2.41. The molecule has 1 atom stereocenters. The van der Waals surface area contributed by atoms with E-state index in [0.717, 1.165) is 69.2 Å². The third kappa shape index (κ3) is 6.10. The minimum absolute atomic E-state index is 0.130. The number of nitrogens with zero attached hydrogens (tertiary/aromatic N) is 1. The van der Waals surface area contributed by atoms with Gasteiger partial charge in [0.15, 0.2) is 0 Å². The van der Waals surface area contributed by atoms with Crippen LogP contribution in [0.2, 0.25) is 0 Å². The van der Waals surface area contributed by atoms with E-state index in [9.17, 15) is 19.5 Å². The van der Waals surface area contributed by atoms with Crippen LogP contribution in [0.1, 0.15) is 64.7 Å². The summed E-state index contributed by atoms with van der Waals surface area (Å²) in [6.07, 6.45) is 14.9. The van der Waals surface area contributed by atoms with Crippen molar-refractivity contribution in [1.29, 1.82) is 0 Å². The second-order valence-corrected chi connectivity index (χ2v) is 9.74. The van der Waals surface area contributed by atoms with Gasteiger partial charge < -0.3 is 25.4 Å². The van der Waals surface area contributed by atoms with E-state index in [1.165, 1.54) is 11.1 Å².